The van der Waals surface area contributed by atoms with Crippen LogP contribution < -0.4 is 15.9 Å². The molecule has 1 aromatic carbocycles. The van der Waals surface area contributed by atoms with Gasteiger partial charge in [0.25, 0.3) is 0 Å². The van der Waals surface area contributed by atoms with Gasteiger partial charge in [0.05, 0.1) is 14.1 Å². The highest BCUT2D eigenvalue weighted by Gasteiger charge is 2.11. The van der Waals surface area contributed by atoms with E-state index in [0.717, 1.165) is 0 Å². The van der Waals surface area contributed by atoms with Gasteiger partial charge in [-0.1, -0.05) is 0 Å². The first-order chi connectivity index (χ1) is 6.02. The highest BCUT2D eigenvalue weighted by Crippen LogP contribution is 2.16. The summed E-state index contributed by atoms with van der Waals surface area (Å²) in [4.78, 5) is 0. The predicted molar refractivity (Wildman–Crippen MR) is 50.7 cm³/mol. The maximum Gasteiger partial charge on any atom is 0.194 e. The summed E-state index contributed by atoms with van der Waals surface area (Å²) in [6.45, 7) is 0. The average Bonchev–Trinajstić information content (AvgIpc) is 2.03. The SMILES string of the molecule is C[NH+]([O-])c1ccc(N)cc1[NH+](C)[O-]. The minimum absolute atomic E-state index is 0.120. The molecule has 2 unspecified atom stereocenters. The van der Waals surface area contributed by atoms with Gasteiger partial charge in [-0.3, -0.25) is 0 Å². The lowest BCUT2D eigenvalue weighted by atomic mass is 10.2. The molecule has 0 saturated heterocycles. The first-order valence-electron chi connectivity index (χ1n) is 3.93. The number of nitrogens with one attached hydrogen (secondary N) is 2. The molecule has 0 bridgehead atoms. The minimum atomic E-state index is -0.141. The summed E-state index contributed by atoms with van der Waals surface area (Å²) >= 11 is 0. The number of nitrogen functional groups attached to an aromatic ring is 1. The molecule has 0 aliphatic heterocycles. The van der Waals surface area contributed by atoms with E-state index in [0.29, 0.717) is 17.1 Å². The summed E-state index contributed by atoms with van der Waals surface area (Å²) in [7, 11) is 2.85. The van der Waals surface area contributed by atoms with Gasteiger partial charge < -0.3 is 26.3 Å². The predicted octanol–water partition coefficient (Wildman–Crippen LogP) is -1.44. The van der Waals surface area contributed by atoms with Crippen LogP contribution in [0.15, 0.2) is 18.2 Å². The zero-order valence-electron chi connectivity index (χ0n) is 7.63. The molecule has 0 spiro atoms. The molecule has 0 saturated carbocycles. The van der Waals surface area contributed by atoms with E-state index < -0.39 is 0 Å². The van der Waals surface area contributed by atoms with E-state index in [9.17, 15) is 10.4 Å². The van der Waals surface area contributed by atoms with Crippen molar-refractivity contribution >= 4 is 17.1 Å². The van der Waals surface area contributed by atoms with E-state index in [2.05, 4.69) is 0 Å². The molecule has 0 heterocycles. The number of hydrogen-bond acceptors (Lipinski definition) is 3. The number of nitrogens with two attached hydrogens (primary N) is 1. The Labute approximate surface area is 76.5 Å². The van der Waals surface area contributed by atoms with Gasteiger partial charge in [0.15, 0.2) is 11.4 Å². The van der Waals surface area contributed by atoms with Gasteiger partial charge in [0, 0.05) is 17.8 Å². The maximum absolute atomic E-state index is 11.1. The lowest BCUT2D eigenvalue weighted by Crippen LogP contribution is -3.04. The molecule has 1 rings (SSSR count). The van der Waals surface area contributed by atoms with E-state index in [-0.39, 0.29) is 10.1 Å². The van der Waals surface area contributed by atoms with Crippen molar-refractivity contribution in [1.82, 2.24) is 0 Å². The topological polar surface area (TPSA) is 81.0 Å². The highest BCUT2D eigenvalue weighted by molar-refractivity contribution is 5.59. The lowest BCUT2D eigenvalue weighted by molar-refractivity contribution is -0.782. The van der Waals surface area contributed by atoms with Crippen LogP contribution in [0.4, 0.5) is 17.1 Å². The Hall–Kier alpha value is -1.14. The molecule has 5 heteroatoms. The fraction of sp³-hybridized carbons (Fsp3) is 0.250. The smallest absolute Gasteiger partial charge is 0.194 e. The molecule has 2 atom stereocenters. The largest absolute Gasteiger partial charge is 0.629 e. The number of rotatable bonds is 2. The molecule has 0 aliphatic carbocycles. The van der Waals surface area contributed by atoms with Gasteiger partial charge in [-0.2, -0.15) is 0 Å². The van der Waals surface area contributed by atoms with Crippen LogP contribution in [0.3, 0.4) is 0 Å². The van der Waals surface area contributed by atoms with Crippen molar-refractivity contribution < 1.29 is 10.1 Å². The first kappa shape index (κ1) is 9.94. The van der Waals surface area contributed by atoms with Gasteiger partial charge in [0.1, 0.15) is 0 Å². The number of hydrogen-bond donors (Lipinski definition) is 3. The normalized spacial score (nSPS) is 15.4. The molecule has 13 heavy (non-hydrogen) atoms. The van der Waals surface area contributed by atoms with E-state index in [1.54, 1.807) is 12.1 Å². The van der Waals surface area contributed by atoms with Gasteiger partial charge in [-0.15, -0.1) is 0 Å². The standard InChI is InChI=1S/C8H13N3O2/c1-10(12)7-4-3-6(9)5-8(7)11(2)13/h3-5,10-11H,9H2,1-2H3. The van der Waals surface area contributed by atoms with E-state index in [4.69, 9.17) is 5.73 Å². The van der Waals surface area contributed by atoms with Crippen LogP contribution in [0, 0.1) is 10.4 Å². The Morgan fingerprint density at radius 1 is 1.08 bits per heavy atom. The summed E-state index contributed by atoms with van der Waals surface area (Å²) in [5.41, 5.74) is 6.83. The molecule has 72 valence electrons. The summed E-state index contributed by atoms with van der Waals surface area (Å²) in [6.07, 6.45) is 0. The number of anilines is 1. The third-order valence-corrected chi connectivity index (χ3v) is 1.80. The number of quaternary nitrogens is 2. The summed E-state index contributed by atoms with van der Waals surface area (Å²) in [5.74, 6) is 0. The molecule has 0 aromatic heterocycles. The summed E-state index contributed by atoms with van der Waals surface area (Å²) in [5, 5.41) is 21.9. The molecule has 0 radical (unpaired) electrons. The Morgan fingerprint density at radius 2 is 1.62 bits per heavy atom. The minimum Gasteiger partial charge on any atom is -0.629 e. The fourth-order valence-corrected chi connectivity index (χ4v) is 1.16. The summed E-state index contributed by atoms with van der Waals surface area (Å²) < 4.78 is 0. The number of hydroxylamine groups is 2. The van der Waals surface area contributed by atoms with Crippen LogP contribution in [0.25, 0.3) is 0 Å². The molecule has 1 aromatic rings. The zero-order chi connectivity index (χ0) is 10.0. The van der Waals surface area contributed by atoms with Crippen molar-refractivity contribution in [2.45, 2.75) is 0 Å². The van der Waals surface area contributed by atoms with Gasteiger partial charge in [-0.05, 0) is 6.07 Å². The first-order valence-corrected chi connectivity index (χ1v) is 3.93. The zero-order valence-corrected chi connectivity index (χ0v) is 7.63. The van der Waals surface area contributed by atoms with Crippen molar-refractivity contribution in [2.24, 2.45) is 0 Å². The maximum atomic E-state index is 11.1. The van der Waals surface area contributed by atoms with E-state index in [1.165, 1.54) is 20.2 Å². The Bertz CT molecular complexity index is 299. The van der Waals surface area contributed by atoms with Gasteiger partial charge >= 0.3 is 0 Å². The molecular weight excluding hydrogens is 170 g/mol. The summed E-state index contributed by atoms with van der Waals surface area (Å²) in [6, 6.07) is 4.72. The molecular formula is C8H13N3O2. The van der Waals surface area contributed by atoms with Crippen LogP contribution in [0.1, 0.15) is 0 Å². The molecule has 0 aliphatic rings. The highest BCUT2D eigenvalue weighted by atomic mass is 16.5. The van der Waals surface area contributed by atoms with Crippen LogP contribution in [0.2, 0.25) is 0 Å². The second kappa shape index (κ2) is 3.71. The van der Waals surface area contributed by atoms with Crippen molar-refractivity contribution in [3.8, 4) is 0 Å². The van der Waals surface area contributed by atoms with E-state index in [1.807, 2.05) is 0 Å². The van der Waals surface area contributed by atoms with Crippen molar-refractivity contribution in [3.05, 3.63) is 28.6 Å². The Morgan fingerprint density at radius 3 is 2.08 bits per heavy atom. The van der Waals surface area contributed by atoms with E-state index >= 15 is 0 Å². The van der Waals surface area contributed by atoms with Gasteiger partial charge in [-0.25, -0.2) is 0 Å². The van der Waals surface area contributed by atoms with Crippen molar-refractivity contribution in [1.29, 1.82) is 0 Å². The number of benzene rings is 1. The van der Waals surface area contributed by atoms with Crippen molar-refractivity contribution in [2.75, 3.05) is 19.8 Å². The quantitative estimate of drug-likeness (QED) is 0.388. The van der Waals surface area contributed by atoms with Crippen LogP contribution >= 0.6 is 0 Å². The lowest BCUT2D eigenvalue weighted by Gasteiger charge is -2.23. The average molecular weight is 183 g/mol. The third kappa shape index (κ3) is 2.16. The second-order valence-electron chi connectivity index (χ2n) is 2.92. The molecule has 0 fully saturated rings. The fourth-order valence-electron chi connectivity index (χ4n) is 1.16. The van der Waals surface area contributed by atoms with Crippen LogP contribution in [-0.4, -0.2) is 14.1 Å². The Kier molecular flexibility index (Phi) is 2.84. The van der Waals surface area contributed by atoms with Crippen molar-refractivity contribution in [3.63, 3.8) is 0 Å². The monoisotopic (exact) mass is 183 g/mol. The molecule has 4 N–H and O–H groups in total. The Balaban J connectivity index is 3.19. The third-order valence-electron chi connectivity index (χ3n) is 1.80. The second-order valence-corrected chi connectivity index (χ2v) is 2.92. The van der Waals surface area contributed by atoms with Crippen LogP contribution in [-0.2, 0) is 0 Å². The van der Waals surface area contributed by atoms with Crippen LogP contribution in [0.5, 0.6) is 0 Å². The van der Waals surface area contributed by atoms with Gasteiger partial charge in [0.2, 0.25) is 0 Å². The molecule has 0 amide bonds. The molecule has 5 nitrogen and oxygen atoms in total.